The number of benzene rings is 1. The Morgan fingerprint density at radius 3 is 2.56 bits per heavy atom. The number of hydrogen-bond donors (Lipinski definition) is 2. The summed E-state index contributed by atoms with van der Waals surface area (Å²) in [5, 5.41) is 5.51. The molecule has 0 fully saturated rings. The van der Waals surface area contributed by atoms with Crippen LogP contribution in [0.1, 0.15) is 36.3 Å². The molecule has 2 rings (SSSR count). The Morgan fingerprint density at radius 1 is 1.28 bits per heavy atom. The molecule has 5 nitrogen and oxygen atoms in total. The second-order valence-corrected chi connectivity index (χ2v) is 5.79. The maximum absolute atomic E-state index is 12.8. The van der Waals surface area contributed by atoms with Crippen LogP contribution in [0.15, 0.2) is 30.6 Å². The highest BCUT2D eigenvalue weighted by Gasteiger charge is 2.31. The summed E-state index contributed by atoms with van der Waals surface area (Å²) in [6, 6.07) is 2.92. The van der Waals surface area contributed by atoms with Gasteiger partial charge >= 0.3 is 6.18 Å². The van der Waals surface area contributed by atoms with Gasteiger partial charge in [-0.05, 0) is 31.5 Å². The molecule has 0 spiro atoms. The van der Waals surface area contributed by atoms with Crippen LogP contribution < -0.4 is 10.6 Å². The number of alkyl halides is 3. The number of halogens is 4. The Kier molecular flexibility index (Phi) is 5.84. The molecule has 2 aromatic rings. The van der Waals surface area contributed by atoms with E-state index in [-0.39, 0.29) is 34.2 Å². The van der Waals surface area contributed by atoms with Gasteiger partial charge in [0.25, 0.3) is 5.91 Å². The first kappa shape index (κ1) is 19.0. The lowest BCUT2D eigenvalue weighted by Crippen LogP contribution is -2.32. The Labute approximate surface area is 147 Å². The summed E-state index contributed by atoms with van der Waals surface area (Å²) < 4.78 is 38.3. The standard InChI is InChI=1S/C16H16ClF3N4O/c1-3-9(2)23-15(25)13-7-22-14(8-21-13)24-12-6-10(16(18,19)20)4-5-11(12)17/h4-9H,3H2,1-2H3,(H,22,24)(H,23,25). The zero-order valence-electron chi connectivity index (χ0n) is 13.5. The van der Waals surface area contributed by atoms with Crippen molar-refractivity contribution in [3.8, 4) is 0 Å². The van der Waals surface area contributed by atoms with Crippen LogP contribution in [0.3, 0.4) is 0 Å². The average molecular weight is 373 g/mol. The van der Waals surface area contributed by atoms with Crippen molar-refractivity contribution in [3.05, 3.63) is 46.9 Å². The van der Waals surface area contributed by atoms with Crippen molar-refractivity contribution in [2.45, 2.75) is 32.5 Å². The molecule has 0 aliphatic rings. The molecule has 1 unspecified atom stereocenters. The molecule has 9 heteroatoms. The summed E-state index contributed by atoms with van der Waals surface area (Å²) in [4.78, 5) is 19.9. The zero-order chi connectivity index (χ0) is 18.6. The molecular formula is C16H16ClF3N4O. The number of rotatable bonds is 5. The van der Waals surface area contributed by atoms with E-state index in [4.69, 9.17) is 11.6 Å². The van der Waals surface area contributed by atoms with Gasteiger partial charge in [-0.25, -0.2) is 9.97 Å². The van der Waals surface area contributed by atoms with E-state index < -0.39 is 11.7 Å². The minimum Gasteiger partial charge on any atom is -0.348 e. The summed E-state index contributed by atoms with van der Waals surface area (Å²) in [6.45, 7) is 3.79. The minimum atomic E-state index is -4.48. The van der Waals surface area contributed by atoms with Crippen LogP contribution in [0.4, 0.5) is 24.7 Å². The normalized spacial score (nSPS) is 12.6. The van der Waals surface area contributed by atoms with Gasteiger partial charge in [-0.2, -0.15) is 13.2 Å². The van der Waals surface area contributed by atoms with Gasteiger partial charge in [-0.3, -0.25) is 4.79 Å². The average Bonchev–Trinajstić information content (AvgIpc) is 2.56. The Bertz CT molecular complexity index is 750. The predicted molar refractivity (Wildman–Crippen MR) is 89.0 cm³/mol. The predicted octanol–water partition coefficient (Wildman–Crippen LogP) is 4.42. The fraction of sp³-hybridized carbons (Fsp3) is 0.312. The van der Waals surface area contributed by atoms with Gasteiger partial charge in [-0.1, -0.05) is 18.5 Å². The van der Waals surface area contributed by atoms with Gasteiger partial charge < -0.3 is 10.6 Å². The van der Waals surface area contributed by atoms with Crippen molar-refractivity contribution in [1.82, 2.24) is 15.3 Å². The van der Waals surface area contributed by atoms with Crippen molar-refractivity contribution >= 4 is 29.0 Å². The van der Waals surface area contributed by atoms with Crippen LogP contribution in [0.25, 0.3) is 0 Å². The second-order valence-electron chi connectivity index (χ2n) is 5.39. The lowest BCUT2D eigenvalue weighted by molar-refractivity contribution is -0.137. The van der Waals surface area contributed by atoms with Gasteiger partial charge in [0, 0.05) is 6.04 Å². The summed E-state index contributed by atoms with van der Waals surface area (Å²) in [5.41, 5.74) is -0.680. The zero-order valence-corrected chi connectivity index (χ0v) is 14.2. The smallest absolute Gasteiger partial charge is 0.348 e. The molecule has 134 valence electrons. The molecule has 0 aliphatic carbocycles. The summed E-state index contributed by atoms with van der Waals surface area (Å²) in [7, 11) is 0. The number of carbonyl (C=O) groups is 1. The van der Waals surface area contributed by atoms with Gasteiger partial charge in [0.1, 0.15) is 11.5 Å². The van der Waals surface area contributed by atoms with Gasteiger partial charge in [0.2, 0.25) is 0 Å². The number of hydrogen-bond acceptors (Lipinski definition) is 4. The second kappa shape index (κ2) is 7.69. The summed E-state index contributed by atoms with van der Waals surface area (Å²) in [6.07, 6.45) is -1.22. The first-order valence-electron chi connectivity index (χ1n) is 7.47. The molecule has 0 aliphatic heterocycles. The largest absolute Gasteiger partial charge is 0.416 e. The van der Waals surface area contributed by atoms with Crippen LogP contribution in [-0.4, -0.2) is 21.9 Å². The molecule has 0 radical (unpaired) electrons. The van der Waals surface area contributed by atoms with Gasteiger partial charge in [-0.15, -0.1) is 0 Å². The molecule has 1 amide bonds. The third-order valence-electron chi connectivity index (χ3n) is 3.43. The SMILES string of the molecule is CCC(C)NC(=O)c1cnc(Nc2cc(C(F)(F)F)ccc2Cl)cn1. The fourth-order valence-corrected chi connectivity index (χ4v) is 2.01. The number of aromatic nitrogens is 2. The number of nitrogens with zero attached hydrogens (tertiary/aromatic N) is 2. The number of amides is 1. The van der Waals surface area contributed by atoms with Gasteiger partial charge in [0.15, 0.2) is 0 Å². The van der Waals surface area contributed by atoms with E-state index in [0.29, 0.717) is 0 Å². The van der Waals surface area contributed by atoms with E-state index in [9.17, 15) is 18.0 Å². The fourth-order valence-electron chi connectivity index (χ4n) is 1.85. The summed E-state index contributed by atoms with van der Waals surface area (Å²) in [5.74, 6) is -0.202. The van der Waals surface area contributed by atoms with Crippen molar-refractivity contribution in [1.29, 1.82) is 0 Å². The molecule has 25 heavy (non-hydrogen) atoms. The van der Waals surface area contributed by atoms with E-state index in [2.05, 4.69) is 20.6 Å². The highest BCUT2D eigenvalue weighted by Crippen LogP contribution is 2.34. The van der Waals surface area contributed by atoms with Crippen molar-refractivity contribution < 1.29 is 18.0 Å². The third kappa shape index (κ3) is 5.06. The van der Waals surface area contributed by atoms with Crippen LogP contribution in [0.5, 0.6) is 0 Å². The molecule has 0 bridgehead atoms. The molecule has 1 aromatic carbocycles. The maximum Gasteiger partial charge on any atom is 0.416 e. The maximum atomic E-state index is 12.8. The molecule has 1 atom stereocenters. The molecule has 0 saturated heterocycles. The minimum absolute atomic E-state index is 0.00369. The van der Waals surface area contributed by atoms with Crippen molar-refractivity contribution in [2.24, 2.45) is 0 Å². The van der Waals surface area contributed by atoms with E-state index >= 15 is 0 Å². The number of carbonyl (C=O) groups excluding carboxylic acids is 1. The topological polar surface area (TPSA) is 66.9 Å². The molecule has 0 saturated carbocycles. The highest BCUT2D eigenvalue weighted by atomic mass is 35.5. The Balaban J connectivity index is 2.15. The van der Waals surface area contributed by atoms with E-state index in [1.807, 2.05) is 13.8 Å². The monoisotopic (exact) mass is 372 g/mol. The molecule has 2 N–H and O–H groups in total. The van der Waals surface area contributed by atoms with E-state index in [0.717, 1.165) is 24.6 Å². The summed E-state index contributed by atoms with van der Waals surface area (Å²) >= 11 is 5.91. The highest BCUT2D eigenvalue weighted by molar-refractivity contribution is 6.33. The molecule has 1 heterocycles. The Hall–Kier alpha value is -2.35. The molecule has 1 aromatic heterocycles. The lowest BCUT2D eigenvalue weighted by Gasteiger charge is -2.12. The van der Waals surface area contributed by atoms with Crippen LogP contribution >= 0.6 is 11.6 Å². The number of nitrogens with one attached hydrogen (secondary N) is 2. The van der Waals surface area contributed by atoms with Crippen LogP contribution in [0, 0.1) is 0 Å². The van der Waals surface area contributed by atoms with Crippen LogP contribution in [-0.2, 0) is 6.18 Å². The van der Waals surface area contributed by atoms with Gasteiger partial charge in [0.05, 0.1) is 28.7 Å². The van der Waals surface area contributed by atoms with E-state index in [1.165, 1.54) is 12.4 Å². The third-order valence-corrected chi connectivity index (χ3v) is 3.76. The first-order valence-corrected chi connectivity index (χ1v) is 7.85. The Morgan fingerprint density at radius 2 is 2.00 bits per heavy atom. The van der Waals surface area contributed by atoms with E-state index in [1.54, 1.807) is 0 Å². The molecular weight excluding hydrogens is 357 g/mol. The quantitative estimate of drug-likeness (QED) is 0.815. The first-order chi connectivity index (χ1) is 11.7. The van der Waals surface area contributed by atoms with Crippen molar-refractivity contribution in [2.75, 3.05) is 5.32 Å². The van der Waals surface area contributed by atoms with Crippen molar-refractivity contribution in [3.63, 3.8) is 0 Å². The number of anilines is 2. The lowest BCUT2D eigenvalue weighted by atomic mass is 10.2. The van der Waals surface area contributed by atoms with Crippen LogP contribution in [0.2, 0.25) is 5.02 Å².